The molecule has 0 spiro atoms. The maximum Gasteiger partial charge on any atom is 0.00748 e. The molecule has 0 aromatic rings. The Bertz CT molecular complexity index is 92.1. The molecule has 3 heteroatoms. The Labute approximate surface area is 88.4 Å². The van der Waals surface area contributed by atoms with E-state index in [0.29, 0.717) is 0 Å². The van der Waals surface area contributed by atoms with Gasteiger partial charge in [-0.1, -0.05) is 15.9 Å². The van der Waals surface area contributed by atoms with E-state index in [1.807, 2.05) is 0 Å². The van der Waals surface area contributed by atoms with Gasteiger partial charge in [0.1, 0.15) is 0 Å². The fourth-order valence-corrected chi connectivity index (χ4v) is 2.19. The summed E-state index contributed by atoms with van der Waals surface area (Å²) in [6.07, 6.45) is 4.11. The first-order valence-electron chi connectivity index (χ1n) is 4.14. The summed E-state index contributed by atoms with van der Waals surface area (Å²) in [6.45, 7) is 4.98. The van der Waals surface area contributed by atoms with Gasteiger partial charge in [-0.3, -0.25) is 0 Å². The first-order chi connectivity index (χ1) is 4.84. The summed E-state index contributed by atoms with van der Waals surface area (Å²) >= 11 is 3.47. The second-order valence-corrected chi connectivity index (χ2v) is 3.86. The number of alkyl halides is 1. The lowest BCUT2D eigenvalue weighted by atomic mass is 10.2. The van der Waals surface area contributed by atoms with Crippen molar-refractivity contribution in [3.63, 3.8) is 0 Å². The van der Waals surface area contributed by atoms with Crippen molar-refractivity contribution in [1.82, 2.24) is 4.90 Å². The molecule has 1 atom stereocenters. The third-order valence-electron chi connectivity index (χ3n) is 2.29. The minimum atomic E-state index is 0. The lowest BCUT2D eigenvalue weighted by Crippen LogP contribution is -2.30. The van der Waals surface area contributed by atoms with Crippen LogP contribution in [0.4, 0.5) is 0 Å². The molecule has 0 aliphatic carbocycles. The standard InChI is InChI=1S/C8H16BrN.BrH/c1-8(4-5-9)10-6-2-3-7-10;/h8H,2-7H2,1H3;1H. The molecular weight excluding hydrogens is 270 g/mol. The number of hydrogen-bond donors (Lipinski definition) is 0. The fraction of sp³-hybridized carbons (Fsp3) is 1.00. The number of hydrogen-bond acceptors (Lipinski definition) is 1. The van der Waals surface area contributed by atoms with E-state index in [1.54, 1.807) is 0 Å². The highest BCUT2D eigenvalue weighted by Crippen LogP contribution is 2.13. The molecular formula is C8H17Br2N. The van der Waals surface area contributed by atoms with Crippen molar-refractivity contribution >= 4 is 32.9 Å². The van der Waals surface area contributed by atoms with Gasteiger partial charge >= 0.3 is 0 Å². The molecule has 1 aliphatic rings. The number of nitrogens with zero attached hydrogens (tertiary/aromatic N) is 1. The smallest absolute Gasteiger partial charge is 0.00748 e. The van der Waals surface area contributed by atoms with E-state index in [1.165, 1.54) is 32.4 Å². The Balaban J connectivity index is 0.000001000. The summed E-state index contributed by atoms with van der Waals surface area (Å²) < 4.78 is 0. The lowest BCUT2D eigenvalue weighted by molar-refractivity contribution is 0.255. The van der Waals surface area contributed by atoms with Gasteiger partial charge in [-0.15, -0.1) is 17.0 Å². The summed E-state index contributed by atoms with van der Waals surface area (Å²) in [7, 11) is 0. The van der Waals surface area contributed by atoms with Crippen molar-refractivity contribution in [1.29, 1.82) is 0 Å². The zero-order valence-corrected chi connectivity index (χ0v) is 10.4. The first-order valence-corrected chi connectivity index (χ1v) is 5.26. The van der Waals surface area contributed by atoms with E-state index in [4.69, 9.17) is 0 Å². The van der Waals surface area contributed by atoms with Crippen molar-refractivity contribution in [3.05, 3.63) is 0 Å². The third kappa shape index (κ3) is 3.90. The first kappa shape index (κ1) is 11.9. The van der Waals surface area contributed by atoms with E-state index in [-0.39, 0.29) is 17.0 Å². The molecule has 1 saturated heterocycles. The number of rotatable bonds is 3. The molecule has 0 bridgehead atoms. The predicted octanol–water partition coefficient (Wildman–Crippen LogP) is 2.83. The van der Waals surface area contributed by atoms with Crippen LogP contribution in [-0.2, 0) is 0 Å². The van der Waals surface area contributed by atoms with Crippen molar-refractivity contribution < 1.29 is 0 Å². The van der Waals surface area contributed by atoms with Crippen LogP contribution in [0, 0.1) is 0 Å². The van der Waals surface area contributed by atoms with Crippen LogP contribution in [0.5, 0.6) is 0 Å². The SMILES string of the molecule is Br.CC(CCBr)N1CCCC1. The molecule has 1 fully saturated rings. The summed E-state index contributed by atoms with van der Waals surface area (Å²) in [6, 6.07) is 0.793. The minimum Gasteiger partial charge on any atom is -0.301 e. The van der Waals surface area contributed by atoms with Crippen LogP contribution in [0.3, 0.4) is 0 Å². The Morgan fingerprint density at radius 2 is 1.91 bits per heavy atom. The van der Waals surface area contributed by atoms with Crippen molar-refractivity contribution in [2.45, 2.75) is 32.2 Å². The highest BCUT2D eigenvalue weighted by atomic mass is 79.9. The van der Waals surface area contributed by atoms with E-state index in [0.717, 1.165) is 11.4 Å². The van der Waals surface area contributed by atoms with Crippen LogP contribution in [-0.4, -0.2) is 29.4 Å². The molecule has 0 saturated carbocycles. The van der Waals surface area contributed by atoms with Gasteiger partial charge in [-0.25, -0.2) is 0 Å². The number of halogens is 2. The van der Waals surface area contributed by atoms with Crippen LogP contribution >= 0.6 is 32.9 Å². The Kier molecular flexibility index (Phi) is 6.98. The lowest BCUT2D eigenvalue weighted by Gasteiger charge is -2.22. The summed E-state index contributed by atoms with van der Waals surface area (Å²) in [5, 5.41) is 1.14. The van der Waals surface area contributed by atoms with Gasteiger partial charge in [0, 0.05) is 11.4 Å². The molecule has 68 valence electrons. The van der Waals surface area contributed by atoms with Crippen LogP contribution in [0.15, 0.2) is 0 Å². The Hall–Kier alpha value is 0.920. The van der Waals surface area contributed by atoms with Crippen LogP contribution in [0.1, 0.15) is 26.2 Å². The summed E-state index contributed by atoms with van der Waals surface area (Å²) in [5.41, 5.74) is 0. The average molecular weight is 287 g/mol. The van der Waals surface area contributed by atoms with E-state index >= 15 is 0 Å². The monoisotopic (exact) mass is 285 g/mol. The molecule has 1 heterocycles. The molecule has 1 rings (SSSR count). The van der Waals surface area contributed by atoms with Gasteiger partial charge in [-0.05, 0) is 39.3 Å². The van der Waals surface area contributed by atoms with Crippen LogP contribution < -0.4 is 0 Å². The van der Waals surface area contributed by atoms with Crippen molar-refractivity contribution in [2.75, 3.05) is 18.4 Å². The largest absolute Gasteiger partial charge is 0.301 e. The van der Waals surface area contributed by atoms with E-state index in [9.17, 15) is 0 Å². The molecule has 1 unspecified atom stereocenters. The molecule has 0 N–H and O–H groups in total. The predicted molar refractivity (Wildman–Crippen MR) is 59.0 cm³/mol. The quantitative estimate of drug-likeness (QED) is 0.721. The normalized spacial score (nSPS) is 21.3. The molecule has 0 aromatic carbocycles. The summed E-state index contributed by atoms with van der Waals surface area (Å²) in [4.78, 5) is 2.58. The van der Waals surface area contributed by atoms with Crippen molar-refractivity contribution in [2.24, 2.45) is 0 Å². The molecule has 11 heavy (non-hydrogen) atoms. The van der Waals surface area contributed by atoms with Crippen LogP contribution in [0.25, 0.3) is 0 Å². The second kappa shape index (κ2) is 6.44. The fourth-order valence-electron chi connectivity index (χ4n) is 1.52. The Morgan fingerprint density at radius 3 is 2.36 bits per heavy atom. The zero-order valence-electron chi connectivity index (χ0n) is 7.05. The molecule has 1 nitrogen and oxygen atoms in total. The van der Waals surface area contributed by atoms with Gasteiger partial charge in [0.05, 0.1) is 0 Å². The summed E-state index contributed by atoms with van der Waals surface area (Å²) in [5.74, 6) is 0. The van der Waals surface area contributed by atoms with Crippen molar-refractivity contribution in [3.8, 4) is 0 Å². The van der Waals surface area contributed by atoms with E-state index in [2.05, 4.69) is 27.8 Å². The van der Waals surface area contributed by atoms with Gasteiger partial charge in [0.15, 0.2) is 0 Å². The average Bonchev–Trinajstić information content (AvgIpc) is 2.38. The highest BCUT2D eigenvalue weighted by Gasteiger charge is 2.16. The Morgan fingerprint density at radius 1 is 1.36 bits per heavy atom. The van der Waals surface area contributed by atoms with E-state index < -0.39 is 0 Å². The molecule has 0 amide bonds. The maximum atomic E-state index is 3.47. The molecule has 0 aromatic heterocycles. The van der Waals surface area contributed by atoms with Gasteiger partial charge < -0.3 is 4.90 Å². The van der Waals surface area contributed by atoms with Gasteiger partial charge in [0.2, 0.25) is 0 Å². The van der Waals surface area contributed by atoms with Gasteiger partial charge in [-0.2, -0.15) is 0 Å². The highest BCUT2D eigenvalue weighted by molar-refractivity contribution is 9.09. The number of likely N-dealkylation sites (tertiary alicyclic amines) is 1. The van der Waals surface area contributed by atoms with Crippen LogP contribution in [0.2, 0.25) is 0 Å². The third-order valence-corrected chi connectivity index (χ3v) is 2.75. The topological polar surface area (TPSA) is 3.24 Å². The maximum absolute atomic E-state index is 3.47. The molecule has 0 radical (unpaired) electrons. The zero-order chi connectivity index (χ0) is 7.40. The molecule has 1 aliphatic heterocycles. The van der Waals surface area contributed by atoms with Gasteiger partial charge in [0.25, 0.3) is 0 Å². The minimum absolute atomic E-state index is 0. The second-order valence-electron chi connectivity index (χ2n) is 3.07.